The number of esters is 1. The SMILES string of the molecule is O=C(Cn1nnc2ccccc2c1=O)OCc1coc(-c2ccccc2)n1. The lowest BCUT2D eigenvalue weighted by Gasteiger charge is -2.05. The van der Waals surface area contributed by atoms with Crippen LogP contribution in [0.3, 0.4) is 0 Å². The lowest BCUT2D eigenvalue weighted by molar-refractivity contribution is -0.146. The monoisotopic (exact) mass is 362 g/mol. The molecule has 0 N–H and O–H groups in total. The Labute approximate surface area is 153 Å². The summed E-state index contributed by atoms with van der Waals surface area (Å²) in [6.07, 6.45) is 1.43. The molecule has 2 aromatic heterocycles. The minimum absolute atomic E-state index is 0.0646. The summed E-state index contributed by atoms with van der Waals surface area (Å²) in [6.45, 7) is -0.398. The van der Waals surface area contributed by atoms with E-state index in [1.54, 1.807) is 24.3 Å². The van der Waals surface area contributed by atoms with E-state index in [-0.39, 0.29) is 13.2 Å². The maximum Gasteiger partial charge on any atom is 0.328 e. The Bertz CT molecular complexity index is 1150. The number of hydrogen-bond donors (Lipinski definition) is 0. The molecule has 2 aromatic carbocycles. The number of hydrogen-bond acceptors (Lipinski definition) is 7. The predicted molar refractivity (Wildman–Crippen MR) is 95.5 cm³/mol. The van der Waals surface area contributed by atoms with Gasteiger partial charge in [0, 0.05) is 5.56 Å². The van der Waals surface area contributed by atoms with E-state index in [0.717, 1.165) is 10.2 Å². The first-order valence-electron chi connectivity index (χ1n) is 8.19. The second-order valence-corrected chi connectivity index (χ2v) is 5.74. The van der Waals surface area contributed by atoms with Gasteiger partial charge in [0.25, 0.3) is 5.56 Å². The highest BCUT2D eigenvalue weighted by atomic mass is 16.5. The van der Waals surface area contributed by atoms with Gasteiger partial charge in [0.15, 0.2) is 0 Å². The van der Waals surface area contributed by atoms with E-state index < -0.39 is 11.5 Å². The van der Waals surface area contributed by atoms with E-state index in [9.17, 15) is 9.59 Å². The quantitative estimate of drug-likeness (QED) is 0.502. The molecule has 0 saturated heterocycles. The molecular formula is C19H14N4O4. The van der Waals surface area contributed by atoms with E-state index in [4.69, 9.17) is 9.15 Å². The zero-order valence-corrected chi connectivity index (χ0v) is 14.1. The first-order valence-corrected chi connectivity index (χ1v) is 8.19. The summed E-state index contributed by atoms with van der Waals surface area (Å²) < 4.78 is 11.5. The van der Waals surface area contributed by atoms with Gasteiger partial charge in [-0.3, -0.25) is 9.59 Å². The summed E-state index contributed by atoms with van der Waals surface area (Å²) in [5.74, 6) is -0.177. The van der Waals surface area contributed by atoms with Crippen LogP contribution in [0.4, 0.5) is 0 Å². The summed E-state index contributed by atoms with van der Waals surface area (Å²) in [6, 6.07) is 16.2. The maximum absolute atomic E-state index is 12.3. The highest BCUT2D eigenvalue weighted by Crippen LogP contribution is 2.18. The van der Waals surface area contributed by atoms with Gasteiger partial charge in [-0.2, -0.15) is 4.68 Å². The van der Waals surface area contributed by atoms with Crippen molar-refractivity contribution < 1.29 is 13.9 Å². The van der Waals surface area contributed by atoms with E-state index in [1.165, 1.54) is 6.26 Å². The van der Waals surface area contributed by atoms with Gasteiger partial charge in [0.1, 0.15) is 30.6 Å². The molecule has 8 nitrogen and oxygen atoms in total. The third-order valence-corrected chi connectivity index (χ3v) is 3.86. The second kappa shape index (κ2) is 7.20. The van der Waals surface area contributed by atoms with Gasteiger partial charge in [-0.25, -0.2) is 4.98 Å². The minimum atomic E-state index is -0.619. The number of carbonyl (C=O) groups is 1. The number of benzene rings is 2. The standard InChI is InChI=1S/C19H14N4O4/c24-17(10-23-19(25)15-8-4-5-9-16(15)21-22-23)26-11-14-12-27-18(20-14)13-6-2-1-3-7-13/h1-9,12H,10-11H2. The Morgan fingerprint density at radius 2 is 1.85 bits per heavy atom. The normalized spacial score (nSPS) is 10.8. The van der Waals surface area contributed by atoms with E-state index in [0.29, 0.717) is 22.5 Å². The van der Waals surface area contributed by atoms with Crippen molar-refractivity contribution in [3.05, 3.63) is 76.9 Å². The first-order chi connectivity index (χ1) is 13.2. The van der Waals surface area contributed by atoms with Crippen molar-refractivity contribution in [2.24, 2.45) is 0 Å². The largest absolute Gasteiger partial charge is 0.458 e. The van der Waals surface area contributed by atoms with Crippen LogP contribution >= 0.6 is 0 Å². The van der Waals surface area contributed by atoms with Crippen LogP contribution in [0, 0.1) is 0 Å². The van der Waals surface area contributed by atoms with Crippen LogP contribution in [0.15, 0.2) is 70.1 Å². The van der Waals surface area contributed by atoms with Gasteiger partial charge >= 0.3 is 5.97 Å². The number of ether oxygens (including phenoxy) is 1. The number of fused-ring (bicyclic) bond motifs is 1. The summed E-state index contributed by atoms with van der Waals surface area (Å²) in [5.41, 5.74) is 1.38. The van der Waals surface area contributed by atoms with Gasteiger partial charge in [0.05, 0.1) is 5.39 Å². The molecule has 0 aliphatic heterocycles. The molecule has 0 bridgehead atoms. The third kappa shape index (κ3) is 3.59. The number of aromatic nitrogens is 4. The first kappa shape index (κ1) is 16.6. The smallest absolute Gasteiger partial charge is 0.328 e. The van der Waals surface area contributed by atoms with Crippen molar-refractivity contribution in [2.75, 3.05) is 0 Å². The van der Waals surface area contributed by atoms with Crippen LogP contribution in [0.5, 0.6) is 0 Å². The molecule has 0 aliphatic rings. The Morgan fingerprint density at radius 3 is 2.70 bits per heavy atom. The minimum Gasteiger partial charge on any atom is -0.458 e. The lowest BCUT2D eigenvalue weighted by Crippen LogP contribution is -2.28. The molecule has 0 amide bonds. The van der Waals surface area contributed by atoms with E-state index >= 15 is 0 Å². The van der Waals surface area contributed by atoms with Gasteiger partial charge < -0.3 is 9.15 Å². The van der Waals surface area contributed by atoms with Crippen molar-refractivity contribution in [1.82, 2.24) is 20.0 Å². The summed E-state index contributed by atoms with van der Waals surface area (Å²) in [5, 5.41) is 8.09. The Hall–Kier alpha value is -3.81. The number of rotatable bonds is 5. The molecule has 0 radical (unpaired) electrons. The highest BCUT2D eigenvalue weighted by Gasteiger charge is 2.12. The molecular weight excluding hydrogens is 348 g/mol. The molecule has 0 saturated carbocycles. The summed E-state index contributed by atoms with van der Waals surface area (Å²) in [7, 11) is 0. The van der Waals surface area contributed by atoms with Crippen molar-refractivity contribution in [3.63, 3.8) is 0 Å². The van der Waals surface area contributed by atoms with Crippen molar-refractivity contribution in [1.29, 1.82) is 0 Å². The molecule has 4 aromatic rings. The molecule has 0 spiro atoms. The molecule has 0 unspecified atom stereocenters. The number of nitrogens with zero attached hydrogens (tertiary/aromatic N) is 4. The lowest BCUT2D eigenvalue weighted by atomic mass is 10.2. The summed E-state index contributed by atoms with van der Waals surface area (Å²) in [4.78, 5) is 28.6. The average molecular weight is 362 g/mol. The maximum atomic E-state index is 12.3. The van der Waals surface area contributed by atoms with E-state index in [1.807, 2.05) is 30.3 Å². The molecule has 134 valence electrons. The fourth-order valence-corrected chi connectivity index (χ4v) is 2.54. The number of oxazole rings is 1. The molecule has 0 atom stereocenters. The fraction of sp³-hybridized carbons (Fsp3) is 0.105. The predicted octanol–water partition coefficient (Wildman–Crippen LogP) is 2.19. The molecule has 0 fully saturated rings. The van der Waals surface area contributed by atoms with Crippen LogP contribution in [-0.4, -0.2) is 25.9 Å². The highest BCUT2D eigenvalue weighted by molar-refractivity contribution is 5.77. The molecule has 8 heteroatoms. The van der Waals surface area contributed by atoms with Crippen molar-refractivity contribution in [2.45, 2.75) is 13.2 Å². The molecule has 2 heterocycles. The van der Waals surface area contributed by atoms with Crippen LogP contribution < -0.4 is 5.56 Å². The van der Waals surface area contributed by atoms with Gasteiger partial charge in [-0.05, 0) is 24.3 Å². The Kier molecular flexibility index (Phi) is 4.44. The molecule has 0 aliphatic carbocycles. The third-order valence-electron chi connectivity index (χ3n) is 3.86. The average Bonchev–Trinajstić information content (AvgIpc) is 3.19. The van der Waals surface area contributed by atoms with Crippen LogP contribution in [-0.2, 0) is 22.7 Å². The van der Waals surface area contributed by atoms with Crippen molar-refractivity contribution in [3.8, 4) is 11.5 Å². The van der Waals surface area contributed by atoms with Gasteiger partial charge in [-0.1, -0.05) is 35.5 Å². The topological polar surface area (TPSA) is 100 Å². The van der Waals surface area contributed by atoms with Crippen LogP contribution in [0.1, 0.15) is 5.69 Å². The Balaban J connectivity index is 1.41. The zero-order valence-electron chi connectivity index (χ0n) is 14.1. The molecule has 27 heavy (non-hydrogen) atoms. The summed E-state index contributed by atoms with van der Waals surface area (Å²) >= 11 is 0. The second-order valence-electron chi connectivity index (χ2n) is 5.74. The molecule has 4 rings (SSSR count). The van der Waals surface area contributed by atoms with Gasteiger partial charge in [0.2, 0.25) is 5.89 Å². The van der Waals surface area contributed by atoms with Crippen LogP contribution in [0.2, 0.25) is 0 Å². The number of carbonyl (C=O) groups excluding carboxylic acids is 1. The zero-order chi connectivity index (χ0) is 18.6. The van der Waals surface area contributed by atoms with Crippen molar-refractivity contribution >= 4 is 16.9 Å². The fourth-order valence-electron chi connectivity index (χ4n) is 2.54. The van der Waals surface area contributed by atoms with Crippen LogP contribution in [0.25, 0.3) is 22.4 Å². The van der Waals surface area contributed by atoms with Gasteiger partial charge in [-0.15, -0.1) is 5.10 Å². The Morgan fingerprint density at radius 1 is 1.07 bits per heavy atom. The van der Waals surface area contributed by atoms with E-state index in [2.05, 4.69) is 15.3 Å².